The number of hydroxylamine groups is 1. The minimum absolute atomic E-state index is 0.00616. The molecule has 3 aromatic rings. The van der Waals surface area contributed by atoms with Gasteiger partial charge in [-0.25, -0.2) is 13.2 Å². The summed E-state index contributed by atoms with van der Waals surface area (Å²) in [7, 11) is -4.18. The van der Waals surface area contributed by atoms with E-state index in [0.717, 1.165) is 22.9 Å². The van der Waals surface area contributed by atoms with Crippen LogP contribution in [0.3, 0.4) is 0 Å². The van der Waals surface area contributed by atoms with Gasteiger partial charge in [-0.2, -0.15) is 0 Å². The molecule has 12 heteroatoms. The summed E-state index contributed by atoms with van der Waals surface area (Å²) < 4.78 is 38.6. The number of ether oxygens (including phenoxy) is 1. The lowest BCUT2D eigenvalue weighted by molar-refractivity contribution is -0.145. The second-order valence-electron chi connectivity index (χ2n) is 9.60. The van der Waals surface area contributed by atoms with E-state index in [1.165, 1.54) is 30.7 Å². The summed E-state index contributed by atoms with van der Waals surface area (Å²) in [6, 6.07) is 16.2. The smallest absolute Gasteiger partial charge is 0.413 e. The highest BCUT2D eigenvalue weighted by molar-refractivity contribution is 7.89. The summed E-state index contributed by atoms with van der Waals surface area (Å²) in [5.41, 5.74) is 7.00. The van der Waals surface area contributed by atoms with Crippen LogP contribution in [0.25, 0.3) is 0 Å². The summed E-state index contributed by atoms with van der Waals surface area (Å²) >= 11 is 0. The van der Waals surface area contributed by atoms with Crippen LogP contribution in [0.1, 0.15) is 31.2 Å². The lowest BCUT2D eigenvalue weighted by Crippen LogP contribution is -2.51. The first-order valence-corrected chi connectivity index (χ1v) is 14.7. The molecule has 1 aliphatic rings. The van der Waals surface area contributed by atoms with E-state index in [-0.39, 0.29) is 23.2 Å². The number of nitrogens with one attached hydrogen (secondary N) is 2. The molecule has 1 aliphatic carbocycles. The maximum absolute atomic E-state index is 13.8. The van der Waals surface area contributed by atoms with Crippen molar-refractivity contribution in [3.8, 4) is 5.75 Å². The number of hydrogen-bond donors (Lipinski definition) is 4. The van der Waals surface area contributed by atoms with E-state index in [0.29, 0.717) is 31.6 Å². The molecular formula is C28H36N4O7S. The molecule has 2 atom stereocenters. The van der Waals surface area contributed by atoms with Crippen LogP contribution >= 0.6 is 0 Å². The largest absolute Gasteiger partial charge is 0.469 e. The van der Waals surface area contributed by atoms with Gasteiger partial charge in [0.1, 0.15) is 6.26 Å². The van der Waals surface area contributed by atoms with Crippen molar-refractivity contribution in [1.29, 1.82) is 0 Å². The number of hydrogen-bond acceptors (Lipinski definition) is 9. The van der Waals surface area contributed by atoms with Crippen molar-refractivity contribution >= 4 is 21.8 Å². The highest BCUT2D eigenvalue weighted by atomic mass is 32.2. The number of aliphatic hydroxyl groups is 1. The lowest BCUT2D eigenvalue weighted by atomic mass is 10.0. The molecule has 2 aromatic carbocycles. The van der Waals surface area contributed by atoms with E-state index in [2.05, 4.69) is 10.6 Å². The molecule has 0 bridgehead atoms. The number of nitrogens with zero attached hydrogens (tertiary/aromatic N) is 1. The third kappa shape index (κ3) is 8.29. The van der Waals surface area contributed by atoms with Gasteiger partial charge in [0.15, 0.2) is 5.75 Å². The zero-order chi connectivity index (χ0) is 28.4. The van der Waals surface area contributed by atoms with Crippen LogP contribution in [0.5, 0.6) is 5.75 Å². The van der Waals surface area contributed by atoms with Gasteiger partial charge in [0.25, 0.3) is 10.0 Å². The van der Waals surface area contributed by atoms with Crippen molar-refractivity contribution in [3.05, 3.63) is 78.8 Å². The van der Waals surface area contributed by atoms with Crippen molar-refractivity contribution in [2.24, 2.45) is 5.73 Å². The normalized spacial score (nSPS) is 15.6. The maximum atomic E-state index is 13.8. The highest BCUT2D eigenvalue weighted by Crippen LogP contribution is 2.27. The Morgan fingerprint density at radius 3 is 2.60 bits per heavy atom. The van der Waals surface area contributed by atoms with Gasteiger partial charge < -0.3 is 30.6 Å². The van der Waals surface area contributed by atoms with Crippen LogP contribution in [0.15, 0.2) is 82.5 Å². The molecule has 4 rings (SSSR count). The molecule has 1 heterocycles. The summed E-state index contributed by atoms with van der Waals surface area (Å²) in [4.78, 5) is 18.7. The molecule has 1 saturated carbocycles. The molecule has 40 heavy (non-hydrogen) atoms. The van der Waals surface area contributed by atoms with Crippen LogP contribution < -0.4 is 21.1 Å². The molecule has 0 aliphatic heterocycles. The van der Waals surface area contributed by atoms with Crippen molar-refractivity contribution in [2.75, 3.05) is 25.0 Å². The molecule has 11 nitrogen and oxygen atoms in total. The van der Waals surface area contributed by atoms with Gasteiger partial charge in [-0.1, -0.05) is 53.7 Å². The zero-order valence-electron chi connectivity index (χ0n) is 22.1. The van der Waals surface area contributed by atoms with Crippen LogP contribution in [0.4, 0.5) is 10.5 Å². The Morgan fingerprint density at radius 2 is 1.90 bits per heavy atom. The second kappa shape index (κ2) is 14.3. The molecule has 0 radical (unpaired) electrons. The maximum Gasteiger partial charge on any atom is 0.413 e. The SMILES string of the molecule is NCCNc1cccc(S(=O)(=O)N(C[C@@H](O)[C@H](Cc2ccccc2)NC(=O)Oc2ccoc2)OC2CCCC2)c1. The molecule has 0 unspecified atom stereocenters. The fraction of sp³-hybridized carbons (Fsp3) is 0.393. The first kappa shape index (κ1) is 29.6. The van der Waals surface area contributed by atoms with Crippen LogP contribution in [0.2, 0.25) is 0 Å². The Morgan fingerprint density at radius 1 is 1.12 bits per heavy atom. The standard InChI is InChI=1S/C28H36N4O7S/c29-14-15-30-22-9-6-12-25(18-22)40(35,36)32(39-23-10-4-5-11-23)19-27(33)26(17-21-7-2-1-3-8-21)31-28(34)38-24-13-16-37-20-24/h1-3,6-9,12-13,16,18,20,23,26-27,30,33H,4-5,10-11,14-15,17,19,29H2,(H,31,34)/t26-,27+/m0/s1. The molecule has 5 N–H and O–H groups in total. The van der Waals surface area contributed by atoms with Crippen LogP contribution in [-0.4, -0.2) is 62.0 Å². The quantitative estimate of drug-likeness (QED) is 0.213. The number of nitrogens with two attached hydrogens (primary N) is 1. The number of carbonyl (C=O) groups is 1. The van der Waals surface area contributed by atoms with Crippen molar-refractivity contribution < 1.29 is 32.3 Å². The third-order valence-corrected chi connectivity index (χ3v) is 8.17. The van der Waals surface area contributed by atoms with Gasteiger partial charge in [0.05, 0.1) is 36.0 Å². The predicted molar refractivity (Wildman–Crippen MR) is 149 cm³/mol. The number of rotatable bonds is 14. The van der Waals surface area contributed by atoms with E-state index in [9.17, 15) is 18.3 Å². The van der Waals surface area contributed by atoms with Gasteiger partial charge in [-0.15, -0.1) is 0 Å². The molecule has 1 aromatic heterocycles. The monoisotopic (exact) mass is 572 g/mol. The Bertz CT molecular complexity index is 1300. The number of anilines is 1. The fourth-order valence-electron chi connectivity index (χ4n) is 4.49. The Labute approximate surface area is 234 Å². The number of furan rings is 1. The molecule has 0 spiro atoms. The number of amides is 1. The van der Waals surface area contributed by atoms with Crippen molar-refractivity contribution in [2.45, 2.75) is 55.2 Å². The Hall–Kier alpha value is -3.42. The number of sulfonamides is 1. The second-order valence-corrected chi connectivity index (χ2v) is 11.4. The average Bonchev–Trinajstić information content (AvgIpc) is 3.66. The summed E-state index contributed by atoms with van der Waals surface area (Å²) in [5.74, 6) is 0.197. The van der Waals surface area contributed by atoms with Crippen LogP contribution in [0, 0.1) is 0 Å². The van der Waals surface area contributed by atoms with E-state index in [1.807, 2.05) is 30.3 Å². The molecule has 0 saturated heterocycles. The van der Waals surface area contributed by atoms with E-state index in [4.69, 9.17) is 19.7 Å². The van der Waals surface area contributed by atoms with Crippen molar-refractivity contribution in [3.63, 3.8) is 0 Å². The molecule has 1 fully saturated rings. The Kier molecular flexibility index (Phi) is 10.6. The summed E-state index contributed by atoms with van der Waals surface area (Å²) in [6.07, 6.45) is 3.68. The fourth-order valence-corrected chi connectivity index (χ4v) is 5.83. The third-order valence-electron chi connectivity index (χ3n) is 6.55. The molecule has 216 valence electrons. The number of aliphatic hydroxyl groups excluding tert-OH is 1. The number of benzene rings is 2. The summed E-state index contributed by atoms with van der Waals surface area (Å²) in [5, 5.41) is 17.1. The molecular weight excluding hydrogens is 536 g/mol. The van der Waals surface area contributed by atoms with E-state index in [1.54, 1.807) is 12.1 Å². The average molecular weight is 573 g/mol. The number of carbonyl (C=O) groups excluding carboxylic acids is 1. The lowest BCUT2D eigenvalue weighted by Gasteiger charge is -2.30. The first-order valence-electron chi connectivity index (χ1n) is 13.3. The Balaban J connectivity index is 1.57. The molecule has 1 amide bonds. The summed E-state index contributed by atoms with van der Waals surface area (Å²) in [6.45, 7) is 0.452. The van der Waals surface area contributed by atoms with Gasteiger partial charge >= 0.3 is 6.09 Å². The van der Waals surface area contributed by atoms with Gasteiger partial charge in [0.2, 0.25) is 0 Å². The van der Waals surface area contributed by atoms with E-state index < -0.39 is 34.8 Å². The van der Waals surface area contributed by atoms with E-state index >= 15 is 0 Å². The van der Waals surface area contributed by atoms with Gasteiger partial charge in [-0.05, 0) is 43.0 Å². The highest BCUT2D eigenvalue weighted by Gasteiger charge is 2.34. The van der Waals surface area contributed by atoms with Crippen LogP contribution in [-0.2, 0) is 21.3 Å². The minimum atomic E-state index is -4.18. The van der Waals surface area contributed by atoms with Crippen molar-refractivity contribution in [1.82, 2.24) is 9.79 Å². The topological polar surface area (TPSA) is 156 Å². The van der Waals surface area contributed by atoms with Gasteiger partial charge in [0, 0.05) is 24.8 Å². The minimum Gasteiger partial charge on any atom is -0.469 e. The zero-order valence-corrected chi connectivity index (χ0v) is 23.0. The van der Waals surface area contributed by atoms with Gasteiger partial charge in [-0.3, -0.25) is 4.84 Å². The first-order chi connectivity index (χ1) is 19.3. The predicted octanol–water partition coefficient (Wildman–Crippen LogP) is 3.28.